The molecule has 0 spiro atoms. The summed E-state index contributed by atoms with van der Waals surface area (Å²) in [5.74, 6) is -1.98. The Morgan fingerprint density at radius 2 is 1.83 bits per heavy atom. The van der Waals surface area contributed by atoms with Crippen molar-refractivity contribution in [3.8, 4) is 0 Å². The molecule has 0 radical (unpaired) electrons. The molecule has 0 saturated heterocycles. The Morgan fingerprint density at radius 1 is 1.28 bits per heavy atom. The number of carboxylic acid groups (broad SMARTS) is 1. The number of carbonyl (C=O) groups is 1. The van der Waals surface area contributed by atoms with E-state index in [1.165, 1.54) is 0 Å². The van der Waals surface area contributed by atoms with E-state index in [1.54, 1.807) is 0 Å². The largest absolute Gasteiger partial charge is 0.481 e. The summed E-state index contributed by atoms with van der Waals surface area (Å²) in [7, 11) is 1.86. The lowest BCUT2D eigenvalue weighted by Gasteiger charge is -2.35. The summed E-state index contributed by atoms with van der Waals surface area (Å²) in [5, 5.41) is 8.52. The van der Waals surface area contributed by atoms with E-state index in [0.717, 1.165) is 0 Å². The molecule has 106 valence electrons. The van der Waals surface area contributed by atoms with Crippen molar-refractivity contribution in [2.24, 2.45) is 5.92 Å². The van der Waals surface area contributed by atoms with Crippen LogP contribution in [-0.4, -0.2) is 41.8 Å². The fourth-order valence-electron chi connectivity index (χ4n) is 2.51. The third-order valence-corrected chi connectivity index (χ3v) is 3.68. The van der Waals surface area contributed by atoms with Gasteiger partial charge in [0.25, 0.3) is 0 Å². The molecular formula is C12H20F3NO2. The summed E-state index contributed by atoms with van der Waals surface area (Å²) in [4.78, 5) is 12.4. The minimum absolute atomic E-state index is 0.113. The highest BCUT2D eigenvalue weighted by molar-refractivity contribution is 5.66. The number of hydrogen-bond acceptors (Lipinski definition) is 2. The van der Waals surface area contributed by atoms with Crippen molar-refractivity contribution in [2.45, 2.75) is 50.7 Å². The molecule has 0 aromatic heterocycles. The normalized spacial score (nSPS) is 25.4. The van der Waals surface area contributed by atoms with Gasteiger partial charge in [-0.2, -0.15) is 13.2 Å². The summed E-state index contributed by atoms with van der Waals surface area (Å²) in [6.45, 7) is 0.633. The highest BCUT2D eigenvalue weighted by atomic mass is 19.4. The molecular weight excluding hydrogens is 247 g/mol. The summed E-state index contributed by atoms with van der Waals surface area (Å²) < 4.78 is 37.4. The summed E-state index contributed by atoms with van der Waals surface area (Å²) >= 11 is 0. The number of rotatable bonds is 5. The molecule has 6 heteroatoms. The Kier molecular flexibility index (Phi) is 5.44. The molecule has 0 unspecified atom stereocenters. The lowest BCUT2D eigenvalue weighted by Crippen LogP contribution is -2.38. The molecule has 18 heavy (non-hydrogen) atoms. The average molecular weight is 267 g/mol. The van der Waals surface area contributed by atoms with E-state index < -0.39 is 18.1 Å². The van der Waals surface area contributed by atoms with Crippen molar-refractivity contribution in [3.05, 3.63) is 0 Å². The molecule has 1 N–H and O–H groups in total. The van der Waals surface area contributed by atoms with Crippen molar-refractivity contribution in [1.82, 2.24) is 4.90 Å². The maximum atomic E-state index is 12.5. The first-order valence-electron chi connectivity index (χ1n) is 6.29. The van der Waals surface area contributed by atoms with Crippen LogP contribution >= 0.6 is 0 Å². The van der Waals surface area contributed by atoms with Crippen LogP contribution in [0.1, 0.15) is 38.5 Å². The highest BCUT2D eigenvalue weighted by Crippen LogP contribution is 2.38. The van der Waals surface area contributed by atoms with Crippen LogP contribution in [0.3, 0.4) is 0 Å². The van der Waals surface area contributed by atoms with Crippen LogP contribution in [0.2, 0.25) is 0 Å². The van der Waals surface area contributed by atoms with Crippen molar-refractivity contribution in [3.63, 3.8) is 0 Å². The van der Waals surface area contributed by atoms with E-state index in [9.17, 15) is 18.0 Å². The minimum atomic E-state index is -4.06. The number of aliphatic carboxylic acids is 1. The van der Waals surface area contributed by atoms with Gasteiger partial charge in [-0.1, -0.05) is 0 Å². The van der Waals surface area contributed by atoms with E-state index in [1.807, 2.05) is 11.9 Å². The number of halogens is 3. The smallest absolute Gasteiger partial charge is 0.391 e. The first kappa shape index (κ1) is 15.3. The second-order valence-electron chi connectivity index (χ2n) is 5.02. The standard InChI is InChI=1S/C12H20F3NO2/c1-16(8-2-3-11(17)18)10-6-4-9(5-7-10)12(13,14)15/h9-10H,2-8H2,1H3,(H,17,18). The molecule has 0 aromatic rings. The zero-order chi connectivity index (χ0) is 13.8. The van der Waals surface area contributed by atoms with Crippen LogP contribution in [0.5, 0.6) is 0 Å². The SMILES string of the molecule is CN(CCCC(=O)O)C1CCC(C(F)(F)F)CC1. The Balaban J connectivity index is 2.27. The molecule has 0 heterocycles. The molecule has 1 saturated carbocycles. The van der Waals surface area contributed by atoms with Crippen molar-refractivity contribution in [1.29, 1.82) is 0 Å². The Bertz CT molecular complexity index is 273. The zero-order valence-corrected chi connectivity index (χ0v) is 10.5. The van der Waals surface area contributed by atoms with Gasteiger partial charge in [-0.05, 0) is 45.7 Å². The van der Waals surface area contributed by atoms with Crippen LogP contribution in [-0.2, 0) is 4.79 Å². The van der Waals surface area contributed by atoms with Gasteiger partial charge in [-0.25, -0.2) is 0 Å². The third-order valence-electron chi connectivity index (χ3n) is 3.68. The number of hydrogen-bond donors (Lipinski definition) is 1. The predicted octanol–water partition coefficient (Wildman–Crippen LogP) is 2.90. The van der Waals surface area contributed by atoms with Gasteiger partial charge in [0.15, 0.2) is 0 Å². The first-order valence-corrected chi connectivity index (χ1v) is 6.29. The van der Waals surface area contributed by atoms with Crippen LogP contribution in [0.4, 0.5) is 13.2 Å². The molecule has 0 aliphatic heterocycles. The van der Waals surface area contributed by atoms with Gasteiger partial charge in [0.2, 0.25) is 0 Å². The second kappa shape index (κ2) is 6.41. The van der Waals surface area contributed by atoms with Gasteiger partial charge in [0.05, 0.1) is 5.92 Å². The van der Waals surface area contributed by atoms with Gasteiger partial charge < -0.3 is 10.0 Å². The van der Waals surface area contributed by atoms with Crippen molar-refractivity contribution < 1.29 is 23.1 Å². The highest BCUT2D eigenvalue weighted by Gasteiger charge is 2.41. The lowest BCUT2D eigenvalue weighted by molar-refractivity contribution is -0.184. The first-order chi connectivity index (χ1) is 8.30. The minimum Gasteiger partial charge on any atom is -0.481 e. The molecule has 1 aliphatic carbocycles. The quantitative estimate of drug-likeness (QED) is 0.832. The third kappa shape index (κ3) is 4.84. The number of alkyl halides is 3. The molecule has 0 aromatic carbocycles. The predicted molar refractivity (Wildman–Crippen MR) is 61.3 cm³/mol. The fourth-order valence-corrected chi connectivity index (χ4v) is 2.51. The molecule has 0 bridgehead atoms. The van der Waals surface area contributed by atoms with E-state index in [4.69, 9.17) is 5.11 Å². The molecule has 3 nitrogen and oxygen atoms in total. The average Bonchev–Trinajstić information content (AvgIpc) is 2.27. The molecule has 0 atom stereocenters. The molecule has 0 amide bonds. The van der Waals surface area contributed by atoms with Crippen LogP contribution < -0.4 is 0 Å². The molecule has 1 rings (SSSR count). The lowest BCUT2D eigenvalue weighted by atomic mass is 9.85. The molecule has 1 aliphatic rings. The fraction of sp³-hybridized carbons (Fsp3) is 0.917. The Labute approximate surface area is 105 Å². The summed E-state index contributed by atoms with van der Waals surface area (Å²) in [6.07, 6.45) is -1.92. The Hall–Kier alpha value is -0.780. The number of carboxylic acids is 1. The maximum Gasteiger partial charge on any atom is 0.391 e. The molecule has 1 fully saturated rings. The van der Waals surface area contributed by atoms with Gasteiger partial charge in [-0.15, -0.1) is 0 Å². The Morgan fingerprint density at radius 3 is 2.28 bits per heavy atom. The van der Waals surface area contributed by atoms with E-state index in [-0.39, 0.29) is 25.3 Å². The monoisotopic (exact) mass is 267 g/mol. The van der Waals surface area contributed by atoms with Crippen molar-refractivity contribution >= 4 is 5.97 Å². The van der Waals surface area contributed by atoms with Crippen LogP contribution in [0, 0.1) is 5.92 Å². The maximum absolute atomic E-state index is 12.5. The summed E-state index contributed by atoms with van der Waals surface area (Å²) in [6, 6.07) is 0.164. The van der Waals surface area contributed by atoms with Gasteiger partial charge in [0, 0.05) is 12.5 Å². The van der Waals surface area contributed by atoms with E-state index in [0.29, 0.717) is 25.8 Å². The summed E-state index contributed by atoms with van der Waals surface area (Å²) in [5.41, 5.74) is 0. The van der Waals surface area contributed by atoms with Crippen LogP contribution in [0.15, 0.2) is 0 Å². The zero-order valence-electron chi connectivity index (χ0n) is 10.5. The second-order valence-corrected chi connectivity index (χ2v) is 5.02. The van der Waals surface area contributed by atoms with Gasteiger partial charge in [-0.3, -0.25) is 4.79 Å². The van der Waals surface area contributed by atoms with E-state index >= 15 is 0 Å². The van der Waals surface area contributed by atoms with E-state index in [2.05, 4.69) is 0 Å². The van der Waals surface area contributed by atoms with Crippen LogP contribution in [0.25, 0.3) is 0 Å². The topological polar surface area (TPSA) is 40.5 Å². The van der Waals surface area contributed by atoms with Gasteiger partial charge >= 0.3 is 12.1 Å². The van der Waals surface area contributed by atoms with Gasteiger partial charge in [0.1, 0.15) is 0 Å². The van der Waals surface area contributed by atoms with Crippen molar-refractivity contribution in [2.75, 3.05) is 13.6 Å². The number of nitrogens with zero attached hydrogens (tertiary/aromatic N) is 1.